The van der Waals surface area contributed by atoms with E-state index < -0.39 is 0 Å². The van der Waals surface area contributed by atoms with Crippen molar-refractivity contribution in [1.82, 2.24) is 9.55 Å². The number of para-hydroxylation sites is 1. The summed E-state index contributed by atoms with van der Waals surface area (Å²) in [6.07, 6.45) is 1.89. The van der Waals surface area contributed by atoms with Gasteiger partial charge in [-0.2, -0.15) is 0 Å². The van der Waals surface area contributed by atoms with E-state index in [-0.39, 0.29) is 0 Å². The Labute approximate surface area is 330 Å². The predicted octanol–water partition coefficient (Wildman–Crippen LogP) is 14.8. The van der Waals surface area contributed by atoms with Gasteiger partial charge in [0.2, 0.25) is 0 Å². The van der Waals surface area contributed by atoms with Crippen molar-refractivity contribution in [3.8, 4) is 72.4 Å². The first-order chi connectivity index (χ1) is 28.3. The largest absolute Gasteiger partial charge is 0.308 e. The Morgan fingerprint density at radius 2 is 0.877 bits per heavy atom. The van der Waals surface area contributed by atoms with Gasteiger partial charge >= 0.3 is 0 Å². The summed E-state index contributed by atoms with van der Waals surface area (Å²) < 4.78 is 2.31. The van der Waals surface area contributed by atoms with E-state index in [1.54, 1.807) is 0 Å². The zero-order chi connectivity index (χ0) is 37.5. The number of hydrogen-bond donors (Lipinski definition) is 0. The van der Waals surface area contributed by atoms with Gasteiger partial charge in [0.05, 0.1) is 16.6 Å². The average molecular weight is 723 g/mol. The summed E-state index contributed by atoms with van der Waals surface area (Å²) in [7, 11) is 0. The fourth-order valence-corrected chi connectivity index (χ4v) is 9.57. The molecule has 2 heteroatoms. The topological polar surface area (TPSA) is 17.8 Å². The first-order valence-corrected chi connectivity index (χ1v) is 19.6. The Hall–Kier alpha value is -7.55. The van der Waals surface area contributed by atoms with Crippen molar-refractivity contribution in [3.63, 3.8) is 0 Å². The molecule has 1 aliphatic carbocycles. The minimum atomic E-state index is 1.02. The molecule has 0 saturated heterocycles. The second kappa shape index (κ2) is 12.5. The van der Waals surface area contributed by atoms with Crippen LogP contribution >= 0.6 is 0 Å². The first kappa shape index (κ1) is 31.8. The van der Waals surface area contributed by atoms with Crippen molar-refractivity contribution >= 4 is 43.5 Å². The van der Waals surface area contributed by atoms with E-state index in [4.69, 9.17) is 4.98 Å². The van der Waals surface area contributed by atoms with Gasteiger partial charge in [0.25, 0.3) is 0 Å². The van der Waals surface area contributed by atoms with E-state index in [1.165, 1.54) is 88.3 Å². The SMILES string of the molecule is c1ccc(-c2c3c(c(-c4ccccc4)c4ccccc24)-c2ccc(-c4ccc(-c5ccc6c(c5)c5ncccc5n6-c5ccccc5)cc4)c4cccc-3c24)cc1. The number of pyridine rings is 1. The van der Waals surface area contributed by atoms with Gasteiger partial charge < -0.3 is 4.57 Å². The lowest BCUT2D eigenvalue weighted by molar-refractivity contribution is 1.18. The van der Waals surface area contributed by atoms with Gasteiger partial charge in [-0.3, -0.25) is 4.98 Å². The fourth-order valence-electron chi connectivity index (χ4n) is 9.57. The van der Waals surface area contributed by atoms with E-state index in [9.17, 15) is 0 Å². The Bertz CT molecular complexity index is 3270. The minimum Gasteiger partial charge on any atom is -0.308 e. The van der Waals surface area contributed by atoms with Crippen LogP contribution in [-0.2, 0) is 0 Å². The highest BCUT2D eigenvalue weighted by atomic mass is 15.0. The second-order valence-electron chi connectivity index (χ2n) is 15.0. The first-order valence-electron chi connectivity index (χ1n) is 19.6. The monoisotopic (exact) mass is 722 g/mol. The molecule has 0 radical (unpaired) electrons. The Morgan fingerprint density at radius 1 is 0.316 bits per heavy atom. The van der Waals surface area contributed by atoms with Gasteiger partial charge in [0, 0.05) is 17.3 Å². The van der Waals surface area contributed by atoms with Crippen molar-refractivity contribution in [1.29, 1.82) is 0 Å². The van der Waals surface area contributed by atoms with Crippen LogP contribution < -0.4 is 0 Å². The van der Waals surface area contributed by atoms with Crippen LogP contribution in [0.5, 0.6) is 0 Å². The summed E-state index contributed by atoms with van der Waals surface area (Å²) in [5.74, 6) is 0. The third kappa shape index (κ3) is 4.74. The number of hydrogen-bond acceptors (Lipinski definition) is 1. The van der Waals surface area contributed by atoms with E-state index in [0.29, 0.717) is 0 Å². The fraction of sp³-hybridized carbons (Fsp3) is 0. The maximum atomic E-state index is 4.85. The zero-order valence-electron chi connectivity index (χ0n) is 31.0. The molecule has 0 bridgehead atoms. The van der Waals surface area contributed by atoms with Crippen LogP contribution in [0.4, 0.5) is 0 Å². The molecule has 0 amide bonds. The van der Waals surface area contributed by atoms with Crippen LogP contribution in [0.15, 0.2) is 206 Å². The highest BCUT2D eigenvalue weighted by Gasteiger charge is 2.31. The van der Waals surface area contributed by atoms with Crippen LogP contribution in [0.1, 0.15) is 0 Å². The van der Waals surface area contributed by atoms with Gasteiger partial charge in [-0.1, -0.05) is 164 Å². The van der Waals surface area contributed by atoms with Gasteiger partial charge in [0.1, 0.15) is 0 Å². The molecule has 2 aromatic heterocycles. The molecular formula is C55H34N2. The number of aromatic nitrogens is 2. The van der Waals surface area contributed by atoms with Crippen LogP contribution in [0.25, 0.3) is 116 Å². The molecule has 1 aliphatic rings. The van der Waals surface area contributed by atoms with Gasteiger partial charge in [0.15, 0.2) is 0 Å². The average Bonchev–Trinajstić information content (AvgIpc) is 3.80. The summed E-state index contributed by atoms with van der Waals surface area (Å²) in [4.78, 5) is 4.85. The van der Waals surface area contributed by atoms with E-state index >= 15 is 0 Å². The number of nitrogens with zero attached hydrogens (tertiary/aromatic N) is 2. The summed E-state index contributed by atoms with van der Waals surface area (Å²) >= 11 is 0. The molecule has 2 heterocycles. The molecule has 57 heavy (non-hydrogen) atoms. The van der Waals surface area contributed by atoms with Crippen molar-refractivity contribution < 1.29 is 0 Å². The molecule has 0 spiro atoms. The number of benzene rings is 9. The smallest absolute Gasteiger partial charge is 0.0963 e. The third-order valence-electron chi connectivity index (χ3n) is 12.0. The molecule has 0 aliphatic heterocycles. The Balaban J connectivity index is 1.02. The zero-order valence-corrected chi connectivity index (χ0v) is 31.0. The second-order valence-corrected chi connectivity index (χ2v) is 15.0. The van der Waals surface area contributed by atoms with Crippen LogP contribution in [-0.4, -0.2) is 9.55 Å². The molecule has 0 atom stereocenters. The predicted molar refractivity (Wildman–Crippen MR) is 240 cm³/mol. The van der Waals surface area contributed by atoms with Crippen molar-refractivity contribution in [2.24, 2.45) is 0 Å². The lowest BCUT2D eigenvalue weighted by Gasteiger charge is -2.20. The van der Waals surface area contributed by atoms with E-state index in [1.807, 2.05) is 12.3 Å². The van der Waals surface area contributed by atoms with Gasteiger partial charge in [-0.25, -0.2) is 0 Å². The molecule has 0 unspecified atom stereocenters. The molecule has 0 saturated carbocycles. The molecule has 11 aromatic rings. The highest BCUT2D eigenvalue weighted by Crippen LogP contribution is 2.58. The Kier molecular flexibility index (Phi) is 6.96. The maximum Gasteiger partial charge on any atom is 0.0963 e. The molecule has 0 fully saturated rings. The van der Waals surface area contributed by atoms with Gasteiger partial charge in [-0.05, 0) is 125 Å². The van der Waals surface area contributed by atoms with Gasteiger partial charge in [-0.15, -0.1) is 0 Å². The lowest BCUT2D eigenvalue weighted by Crippen LogP contribution is -1.93. The van der Waals surface area contributed by atoms with Crippen molar-refractivity contribution in [3.05, 3.63) is 206 Å². The summed E-state index contributed by atoms with van der Waals surface area (Å²) in [6.45, 7) is 0. The number of rotatable bonds is 5. The highest BCUT2D eigenvalue weighted by molar-refractivity contribution is 6.28. The molecule has 2 nitrogen and oxygen atoms in total. The van der Waals surface area contributed by atoms with Crippen LogP contribution in [0.2, 0.25) is 0 Å². The molecule has 12 rings (SSSR count). The molecular weight excluding hydrogens is 689 g/mol. The molecule has 9 aromatic carbocycles. The normalized spacial score (nSPS) is 11.9. The molecule has 264 valence electrons. The van der Waals surface area contributed by atoms with E-state index in [0.717, 1.165) is 27.6 Å². The maximum absolute atomic E-state index is 4.85. The van der Waals surface area contributed by atoms with Crippen LogP contribution in [0, 0.1) is 0 Å². The van der Waals surface area contributed by atoms with E-state index in [2.05, 4.69) is 199 Å². The standard InChI is InChI=1S/C55H34N2/c1-4-14-37(15-5-1)50-43-20-10-11-21-44(43)51(38-16-6-2-7-17-38)54-46-31-30-41(42-22-12-23-45(52(42)46)53(50)54)36-27-25-35(26-28-36)39-29-32-48-47(34-39)55-49(24-13-33-56-55)57(48)40-18-8-3-9-19-40/h1-34H. The number of fused-ring (bicyclic) bond motifs is 7. The third-order valence-corrected chi connectivity index (χ3v) is 12.0. The summed E-state index contributed by atoms with van der Waals surface area (Å²) in [5, 5.41) is 6.31. The summed E-state index contributed by atoms with van der Waals surface area (Å²) in [5.41, 5.74) is 19.6. The van der Waals surface area contributed by atoms with Crippen molar-refractivity contribution in [2.45, 2.75) is 0 Å². The minimum absolute atomic E-state index is 1.02. The molecule has 0 N–H and O–H groups in total. The quantitative estimate of drug-likeness (QED) is 0.173. The Morgan fingerprint density at radius 3 is 1.56 bits per heavy atom. The lowest BCUT2D eigenvalue weighted by atomic mass is 9.82. The summed E-state index contributed by atoms with van der Waals surface area (Å²) in [6, 6.07) is 73.1. The van der Waals surface area contributed by atoms with Crippen LogP contribution in [0.3, 0.4) is 0 Å². The van der Waals surface area contributed by atoms with Crippen molar-refractivity contribution in [2.75, 3.05) is 0 Å².